The second-order valence-electron chi connectivity index (χ2n) is 6.90. The Morgan fingerprint density at radius 1 is 1.08 bits per heavy atom. The molecular formula is C19H25N3O3S. The highest BCUT2D eigenvalue weighted by Gasteiger charge is 2.25. The lowest BCUT2D eigenvalue weighted by Gasteiger charge is -2.28. The van der Waals surface area contributed by atoms with Crippen molar-refractivity contribution in [1.82, 2.24) is 9.88 Å². The summed E-state index contributed by atoms with van der Waals surface area (Å²) in [5, 5.41) is 4.38. The van der Waals surface area contributed by atoms with Gasteiger partial charge in [-0.3, -0.25) is 9.63 Å². The average molecular weight is 375 g/mol. The molecule has 0 aliphatic rings. The molecule has 2 aromatic rings. The number of amides is 1. The number of fused-ring (bicyclic) bond motifs is 1. The second-order valence-corrected chi connectivity index (χ2v) is 7.93. The van der Waals surface area contributed by atoms with E-state index in [9.17, 15) is 9.59 Å². The SMILES string of the molecule is CC(C)C(=O)/C(=N\OC(=O)N(C(C)C)C(C)C)c1nc2ccccc2s1. The van der Waals surface area contributed by atoms with Crippen LogP contribution >= 0.6 is 11.3 Å². The summed E-state index contributed by atoms with van der Waals surface area (Å²) < 4.78 is 0.948. The number of thiazole rings is 1. The fraction of sp³-hybridized carbons (Fsp3) is 0.474. The van der Waals surface area contributed by atoms with E-state index >= 15 is 0 Å². The minimum Gasteiger partial charge on any atom is -0.301 e. The first-order valence-electron chi connectivity index (χ1n) is 8.69. The lowest BCUT2D eigenvalue weighted by molar-refractivity contribution is -0.115. The Balaban J connectivity index is 2.37. The van der Waals surface area contributed by atoms with Crippen LogP contribution in [-0.4, -0.2) is 39.6 Å². The van der Waals surface area contributed by atoms with Gasteiger partial charge in [0.25, 0.3) is 0 Å². The topological polar surface area (TPSA) is 71.9 Å². The molecule has 0 bridgehead atoms. The first kappa shape index (κ1) is 20.0. The van der Waals surface area contributed by atoms with E-state index in [1.165, 1.54) is 11.3 Å². The number of hydrogen-bond donors (Lipinski definition) is 0. The highest BCUT2D eigenvalue weighted by Crippen LogP contribution is 2.23. The molecule has 26 heavy (non-hydrogen) atoms. The number of oxime groups is 1. The van der Waals surface area contributed by atoms with Gasteiger partial charge in [0.15, 0.2) is 11.5 Å². The summed E-state index contributed by atoms with van der Waals surface area (Å²) in [7, 11) is 0. The van der Waals surface area contributed by atoms with E-state index in [1.54, 1.807) is 18.7 Å². The van der Waals surface area contributed by atoms with E-state index in [0.717, 1.165) is 10.2 Å². The van der Waals surface area contributed by atoms with Crippen LogP contribution in [-0.2, 0) is 9.63 Å². The number of ketones is 1. The van der Waals surface area contributed by atoms with Gasteiger partial charge in [0, 0.05) is 18.0 Å². The largest absolute Gasteiger partial charge is 0.436 e. The van der Waals surface area contributed by atoms with Gasteiger partial charge in [0.2, 0.25) is 0 Å². The molecule has 0 N–H and O–H groups in total. The Morgan fingerprint density at radius 3 is 2.23 bits per heavy atom. The van der Waals surface area contributed by atoms with Crippen molar-refractivity contribution in [3.8, 4) is 0 Å². The number of carbonyl (C=O) groups excluding carboxylic acids is 2. The van der Waals surface area contributed by atoms with E-state index in [2.05, 4.69) is 10.1 Å². The van der Waals surface area contributed by atoms with Crippen molar-refractivity contribution in [3.63, 3.8) is 0 Å². The average Bonchev–Trinajstić information content (AvgIpc) is 2.97. The Kier molecular flexibility index (Phi) is 6.47. The summed E-state index contributed by atoms with van der Waals surface area (Å²) in [5.41, 5.74) is 0.871. The maximum absolute atomic E-state index is 12.6. The van der Waals surface area contributed by atoms with Crippen molar-refractivity contribution in [2.75, 3.05) is 0 Å². The number of aromatic nitrogens is 1. The first-order chi connectivity index (χ1) is 12.2. The van der Waals surface area contributed by atoms with Crippen LogP contribution in [0.4, 0.5) is 4.79 Å². The van der Waals surface area contributed by atoms with E-state index in [4.69, 9.17) is 4.84 Å². The quantitative estimate of drug-likeness (QED) is 0.424. The molecular weight excluding hydrogens is 350 g/mol. The van der Waals surface area contributed by atoms with Gasteiger partial charge in [0.1, 0.15) is 5.01 Å². The van der Waals surface area contributed by atoms with Crippen LogP contribution < -0.4 is 0 Å². The van der Waals surface area contributed by atoms with Crippen LogP contribution in [0.2, 0.25) is 0 Å². The molecule has 1 amide bonds. The van der Waals surface area contributed by atoms with Crippen LogP contribution in [0.1, 0.15) is 46.6 Å². The molecule has 2 rings (SSSR count). The standard InChI is InChI=1S/C19H25N3O3S/c1-11(2)17(23)16(18-20-14-9-7-8-10-15(14)26-18)21-25-19(24)22(12(3)4)13(5)6/h7-13H,1-6H3/b21-16+. The highest BCUT2D eigenvalue weighted by molar-refractivity contribution is 7.21. The van der Waals surface area contributed by atoms with Crippen LogP contribution in [0.3, 0.4) is 0 Å². The zero-order valence-electron chi connectivity index (χ0n) is 16.0. The third kappa shape index (κ3) is 4.46. The molecule has 6 nitrogen and oxygen atoms in total. The van der Waals surface area contributed by atoms with E-state index in [0.29, 0.717) is 5.01 Å². The molecule has 1 heterocycles. The summed E-state index contributed by atoms with van der Waals surface area (Å²) in [6.45, 7) is 11.2. The second kappa shape index (κ2) is 8.40. The van der Waals surface area contributed by atoms with Gasteiger partial charge >= 0.3 is 6.09 Å². The van der Waals surface area contributed by atoms with Crippen LogP contribution in [0.5, 0.6) is 0 Å². The van der Waals surface area contributed by atoms with Crippen molar-refractivity contribution >= 4 is 39.1 Å². The van der Waals surface area contributed by atoms with Crippen molar-refractivity contribution in [2.45, 2.75) is 53.6 Å². The molecule has 0 atom stereocenters. The molecule has 0 fully saturated rings. The lowest BCUT2D eigenvalue weighted by Crippen LogP contribution is -2.42. The number of rotatable bonds is 6. The van der Waals surface area contributed by atoms with Gasteiger partial charge in [-0.05, 0) is 39.8 Å². The fourth-order valence-electron chi connectivity index (χ4n) is 2.59. The molecule has 0 spiro atoms. The molecule has 7 heteroatoms. The van der Waals surface area contributed by atoms with Crippen molar-refractivity contribution in [1.29, 1.82) is 0 Å². The van der Waals surface area contributed by atoms with Gasteiger partial charge in [-0.25, -0.2) is 9.78 Å². The molecule has 0 radical (unpaired) electrons. The predicted octanol–water partition coefficient (Wildman–Crippen LogP) is 4.48. The lowest BCUT2D eigenvalue weighted by atomic mass is 10.1. The Hall–Kier alpha value is -2.28. The number of para-hydroxylation sites is 1. The summed E-state index contributed by atoms with van der Waals surface area (Å²) in [6.07, 6.45) is -0.579. The molecule has 1 aromatic carbocycles. The Morgan fingerprint density at radius 2 is 1.69 bits per heavy atom. The van der Waals surface area contributed by atoms with Crippen molar-refractivity contribution in [2.24, 2.45) is 11.1 Å². The van der Waals surface area contributed by atoms with Crippen molar-refractivity contribution in [3.05, 3.63) is 29.3 Å². The molecule has 0 aliphatic heterocycles. The van der Waals surface area contributed by atoms with Gasteiger partial charge < -0.3 is 4.90 Å². The normalized spacial score (nSPS) is 12.3. The molecule has 140 valence electrons. The summed E-state index contributed by atoms with van der Waals surface area (Å²) in [5.74, 6) is -0.497. The van der Waals surface area contributed by atoms with E-state index in [1.807, 2.05) is 52.0 Å². The van der Waals surface area contributed by atoms with Gasteiger partial charge in [-0.15, -0.1) is 11.3 Å². The molecule has 0 saturated heterocycles. The monoisotopic (exact) mass is 375 g/mol. The Bertz CT molecular complexity index is 783. The number of benzene rings is 1. The number of Topliss-reactive ketones (excluding diaryl/α,β-unsaturated/α-hetero) is 1. The van der Waals surface area contributed by atoms with E-state index in [-0.39, 0.29) is 29.5 Å². The van der Waals surface area contributed by atoms with Gasteiger partial charge in [-0.1, -0.05) is 31.1 Å². The zero-order valence-corrected chi connectivity index (χ0v) is 16.8. The molecule has 0 unspecified atom stereocenters. The van der Waals surface area contributed by atoms with Crippen LogP contribution in [0, 0.1) is 5.92 Å². The van der Waals surface area contributed by atoms with Crippen LogP contribution in [0.15, 0.2) is 29.4 Å². The summed E-state index contributed by atoms with van der Waals surface area (Å²) in [6, 6.07) is 7.52. The van der Waals surface area contributed by atoms with Gasteiger partial charge in [0.05, 0.1) is 10.2 Å². The van der Waals surface area contributed by atoms with Crippen LogP contribution in [0.25, 0.3) is 10.2 Å². The minimum absolute atomic E-state index is 0.0376. The number of carbonyl (C=O) groups is 2. The highest BCUT2D eigenvalue weighted by atomic mass is 32.1. The number of hydrogen-bond acceptors (Lipinski definition) is 6. The van der Waals surface area contributed by atoms with Gasteiger partial charge in [-0.2, -0.15) is 0 Å². The molecule has 0 aliphatic carbocycles. The van der Waals surface area contributed by atoms with E-state index < -0.39 is 6.09 Å². The summed E-state index contributed by atoms with van der Waals surface area (Å²) >= 11 is 1.36. The van der Waals surface area contributed by atoms with Crippen molar-refractivity contribution < 1.29 is 14.4 Å². The fourth-order valence-corrected chi connectivity index (χ4v) is 3.54. The maximum atomic E-state index is 12.6. The Labute approximate surface area is 157 Å². The third-order valence-electron chi connectivity index (χ3n) is 3.79. The maximum Gasteiger partial charge on any atom is 0.436 e. The number of nitrogens with zero attached hydrogens (tertiary/aromatic N) is 3. The zero-order chi connectivity index (χ0) is 19.4. The smallest absolute Gasteiger partial charge is 0.301 e. The third-order valence-corrected chi connectivity index (χ3v) is 4.84. The molecule has 1 aromatic heterocycles. The summed E-state index contributed by atoms with van der Waals surface area (Å²) in [4.78, 5) is 36.2. The molecule has 0 saturated carbocycles. The minimum atomic E-state index is -0.579. The first-order valence-corrected chi connectivity index (χ1v) is 9.51. The predicted molar refractivity (Wildman–Crippen MR) is 105 cm³/mol.